The molecule has 1 saturated heterocycles. The highest BCUT2D eigenvalue weighted by molar-refractivity contribution is 5.92. The molecule has 1 aliphatic rings. The normalized spacial score (nSPS) is 21.1. The van der Waals surface area contributed by atoms with E-state index in [4.69, 9.17) is 0 Å². The van der Waals surface area contributed by atoms with Gasteiger partial charge in [-0.3, -0.25) is 9.69 Å². The molecule has 1 heterocycles. The van der Waals surface area contributed by atoms with Gasteiger partial charge in [0, 0.05) is 12.2 Å². The summed E-state index contributed by atoms with van der Waals surface area (Å²) in [5.74, 6) is -0.0229. The van der Waals surface area contributed by atoms with Crippen LogP contribution in [0.3, 0.4) is 0 Å². The SMILES string of the molecule is O=C(CN1CCCC(O)C1)Nc1ccccc1. The van der Waals surface area contributed by atoms with Gasteiger partial charge in [-0.1, -0.05) is 18.2 Å². The summed E-state index contributed by atoms with van der Waals surface area (Å²) < 4.78 is 0. The highest BCUT2D eigenvalue weighted by atomic mass is 16.3. The summed E-state index contributed by atoms with van der Waals surface area (Å²) in [5.41, 5.74) is 0.815. The second kappa shape index (κ2) is 5.80. The molecule has 1 aliphatic heterocycles. The van der Waals surface area contributed by atoms with Gasteiger partial charge in [-0.2, -0.15) is 0 Å². The highest BCUT2D eigenvalue weighted by Gasteiger charge is 2.19. The average Bonchev–Trinajstić information content (AvgIpc) is 2.30. The molecule has 0 spiro atoms. The van der Waals surface area contributed by atoms with E-state index in [1.54, 1.807) is 0 Å². The Labute approximate surface area is 101 Å². The molecule has 0 bridgehead atoms. The fourth-order valence-corrected chi connectivity index (χ4v) is 2.10. The zero-order valence-electron chi connectivity index (χ0n) is 9.80. The molecule has 17 heavy (non-hydrogen) atoms. The smallest absolute Gasteiger partial charge is 0.238 e. The predicted octanol–water partition coefficient (Wildman–Crippen LogP) is 1.08. The van der Waals surface area contributed by atoms with Crippen LogP contribution in [0.4, 0.5) is 5.69 Å². The highest BCUT2D eigenvalue weighted by Crippen LogP contribution is 2.10. The molecule has 2 N–H and O–H groups in total. The lowest BCUT2D eigenvalue weighted by Crippen LogP contribution is -2.42. The van der Waals surface area contributed by atoms with E-state index in [0.717, 1.165) is 25.1 Å². The number of aliphatic hydroxyl groups is 1. The Bertz CT molecular complexity index is 367. The fraction of sp³-hybridized carbons (Fsp3) is 0.462. The van der Waals surface area contributed by atoms with Crippen LogP contribution in [0.1, 0.15) is 12.8 Å². The van der Waals surface area contributed by atoms with E-state index in [0.29, 0.717) is 13.1 Å². The number of hydrogen-bond donors (Lipinski definition) is 2. The monoisotopic (exact) mass is 234 g/mol. The van der Waals surface area contributed by atoms with E-state index in [2.05, 4.69) is 5.32 Å². The van der Waals surface area contributed by atoms with E-state index >= 15 is 0 Å². The summed E-state index contributed by atoms with van der Waals surface area (Å²) in [6.07, 6.45) is 1.52. The van der Waals surface area contributed by atoms with Crippen molar-refractivity contribution in [2.45, 2.75) is 18.9 Å². The van der Waals surface area contributed by atoms with Crippen LogP contribution >= 0.6 is 0 Å². The van der Waals surface area contributed by atoms with Crippen molar-refractivity contribution in [2.75, 3.05) is 25.0 Å². The van der Waals surface area contributed by atoms with Crippen molar-refractivity contribution in [3.8, 4) is 0 Å². The van der Waals surface area contributed by atoms with Crippen LogP contribution in [0.5, 0.6) is 0 Å². The second-order valence-electron chi connectivity index (χ2n) is 4.45. The van der Waals surface area contributed by atoms with Crippen molar-refractivity contribution in [1.29, 1.82) is 0 Å². The van der Waals surface area contributed by atoms with Gasteiger partial charge in [0.15, 0.2) is 0 Å². The van der Waals surface area contributed by atoms with Gasteiger partial charge in [-0.15, -0.1) is 0 Å². The first-order valence-electron chi connectivity index (χ1n) is 5.99. The minimum absolute atomic E-state index is 0.0229. The van der Waals surface area contributed by atoms with Crippen molar-refractivity contribution in [3.05, 3.63) is 30.3 Å². The van der Waals surface area contributed by atoms with E-state index in [1.165, 1.54) is 0 Å². The lowest BCUT2D eigenvalue weighted by Gasteiger charge is -2.29. The van der Waals surface area contributed by atoms with Crippen LogP contribution in [0.2, 0.25) is 0 Å². The van der Waals surface area contributed by atoms with Gasteiger partial charge < -0.3 is 10.4 Å². The fourth-order valence-electron chi connectivity index (χ4n) is 2.10. The van der Waals surface area contributed by atoms with Crippen LogP contribution < -0.4 is 5.32 Å². The number of carbonyl (C=O) groups excluding carboxylic acids is 1. The summed E-state index contributed by atoms with van der Waals surface area (Å²) in [6, 6.07) is 9.42. The van der Waals surface area contributed by atoms with Crippen molar-refractivity contribution < 1.29 is 9.90 Å². The standard InChI is InChI=1S/C13H18N2O2/c16-12-7-4-8-15(9-12)10-13(17)14-11-5-2-1-3-6-11/h1-3,5-6,12,16H,4,7-10H2,(H,14,17). The van der Waals surface area contributed by atoms with Crippen LogP contribution in [0.25, 0.3) is 0 Å². The largest absolute Gasteiger partial charge is 0.392 e. The average molecular weight is 234 g/mol. The number of hydrogen-bond acceptors (Lipinski definition) is 3. The first-order valence-corrected chi connectivity index (χ1v) is 5.99. The number of likely N-dealkylation sites (tertiary alicyclic amines) is 1. The van der Waals surface area contributed by atoms with Crippen molar-refractivity contribution in [2.24, 2.45) is 0 Å². The van der Waals surface area contributed by atoms with E-state index < -0.39 is 0 Å². The quantitative estimate of drug-likeness (QED) is 0.823. The minimum atomic E-state index is -0.284. The van der Waals surface area contributed by atoms with E-state index in [1.807, 2.05) is 35.2 Å². The molecule has 0 aliphatic carbocycles. The Morgan fingerprint density at radius 1 is 1.41 bits per heavy atom. The first kappa shape index (κ1) is 12.1. The van der Waals surface area contributed by atoms with Crippen molar-refractivity contribution in [1.82, 2.24) is 4.90 Å². The molecule has 0 radical (unpaired) electrons. The molecule has 1 unspecified atom stereocenters. The Morgan fingerprint density at radius 2 is 2.18 bits per heavy atom. The van der Waals surface area contributed by atoms with Gasteiger partial charge in [0.25, 0.3) is 0 Å². The van der Waals surface area contributed by atoms with Gasteiger partial charge in [0.2, 0.25) is 5.91 Å². The molecule has 1 aromatic carbocycles. The van der Waals surface area contributed by atoms with Gasteiger partial charge >= 0.3 is 0 Å². The summed E-state index contributed by atoms with van der Waals surface area (Å²) >= 11 is 0. The molecule has 0 aromatic heterocycles. The number of benzene rings is 1. The summed E-state index contributed by atoms with van der Waals surface area (Å²) in [4.78, 5) is 13.7. The number of para-hydroxylation sites is 1. The Morgan fingerprint density at radius 3 is 2.88 bits per heavy atom. The minimum Gasteiger partial charge on any atom is -0.392 e. The molecule has 4 heteroatoms. The Hall–Kier alpha value is -1.39. The number of piperidine rings is 1. The maximum atomic E-state index is 11.8. The van der Waals surface area contributed by atoms with Crippen LogP contribution in [0, 0.1) is 0 Å². The first-order chi connectivity index (χ1) is 8.24. The number of nitrogens with one attached hydrogen (secondary N) is 1. The maximum Gasteiger partial charge on any atom is 0.238 e. The predicted molar refractivity (Wildman–Crippen MR) is 66.8 cm³/mol. The molecular formula is C13H18N2O2. The zero-order chi connectivity index (χ0) is 12.1. The third-order valence-electron chi connectivity index (χ3n) is 2.91. The summed E-state index contributed by atoms with van der Waals surface area (Å²) in [7, 11) is 0. The maximum absolute atomic E-state index is 11.8. The number of anilines is 1. The third kappa shape index (κ3) is 3.84. The number of aliphatic hydroxyl groups excluding tert-OH is 1. The van der Waals surface area contributed by atoms with Crippen LogP contribution in [0.15, 0.2) is 30.3 Å². The van der Waals surface area contributed by atoms with Gasteiger partial charge in [0.1, 0.15) is 0 Å². The van der Waals surface area contributed by atoms with Crippen molar-refractivity contribution in [3.63, 3.8) is 0 Å². The summed E-state index contributed by atoms with van der Waals surface area (Å²) in [6.45, 7) is 1.84. The number of nitrogens with zero attached hydrogens (tertiary/aromatic N) is 1. The lowest BCUT2D eigenvalue weighted by atomic mass is 10.1. The molecule has 2 rings (SSSR count). The Balaban J connectivity index is 1.81. The molecule has 1 amide bonds. The molecule has 1 aromatic rings. The van der Waals surface area contributed by atoms with Gasteiger partial charge in [-0.05, 0) is 31.5 Å². The molecule has 1 fully saturated rings. The number of carbonyl (C=O) groups is 1. The summed E-state index contributed by atoms with van der Waals surface area (Å²) in [5, 5.41) is 12.4. The van der Waals surface area contributed by atoms with Gasteiger partial charge in [-0.25, -0.2) is 0 Å². The second-order valence-corrected chi connectivity index (χ2v) is 4.45. The molecule has 1 atom stereocenters. The molecule has 4 nitrogen and oxygen atoms in total. The number of amides is 1. The number of β-amino-alcohol motifs (C(OH)–C–C–N with tert-alkyl or cyclic N) is 1. The zero-order valence-corrected chi connectivity index (χ0v) is 9.80. The van der Waals surface area contributed by atoms with E-state index in [9.17, 15) is 9.90 Å². The molecule has 92 valence electrons. The Kier molecular flexibility index (Phi) is 4.12. The van der Waals surface area contributed by atoms with Crippen LogP contribution in [-0.4, -0.2) is 41.7 Å². The van der Waals surface area contributed by atoms with Crippen LogP contribution in [-0.2, 0) is 4.79 Å². The molecular weight excluding hydrogens is 216 g/mol. The molecule has 0 saturated carbocycles. The topological polar surface area (TPSA) is 52.6 Å². The lowest BCUT2D eigenvalue weighted by molar-refractivity contribution is -0.118. The third-order valence-corrected chi connectivity index (χ3v) is 2.91. The van der Waals surface area contributed by atoms with E-state index in [-0.39, 0.29) is 12.0 Å². The number of rotatable bonds is 3. The van der Waals surface area contributed by atoms with Crippen molar-refractivity contribution >= 4 is 11.6 Å². The van der Waals surface area contributed by atoms with Gasteiger partial charge in [0.05, 0.1) is 12.6 Å².